The zero-order chi connectivity index (χ0) is 19.0. The first-order valence-corrected chi connectivity index (χ1v) is 9.32. The van der Waals surface area contributed by atoms with Crippen molar-refractivity contribution in [1.29, 1.82) is 0 Å². The maximum atomic E-state index is 12.4. The molecule has 138 valence electrons. The average Bonchev–Trinajstić information content (AvgIpc) is 3.01. The van der Waals surface area contributed by atoms with E-state index in [-0.39, 0.29) is 5.56 Å². The third-order valence-electron chi connectivity index (χ3n) is 4.90. The number of benzene rings is 2. The van der Waals surface area contributed by atoms with Crippen molar-refractivity contribution < 1.29 is 9.32 Å². The number of nitrogens with one attached hydrogen (secondary N) is 2. The fraction of sp³-hybridized carbons (Fsp3) is 0.273. The van der Waals surface area contributed by atoms with Gasteiger partial charge in [0.1, 0.15) is 24.2 Å². The number of quaternary nitrogens is 1. The summed E-state index contributed by atoms with van der Waals surface area (Å²) in [6, 6.07) is 16.4. The maximum absolute atomic E-state index is 12.4. The molecule has 2 heterocycles. The van der Waals surface area contributed by atoms with Gasteiger partial charge in [-0.2, -0.15) is 0 Å². The van der Waals surface area contributed by atoms with Crippen LogP contribution in [0.5, 0.6) is 0 Å². The molecule has 1 unspecified atom stereocenters. The van der Waals surface area contributed by atoms with Gasteiger partial charge in [-0.25, -0.2) is 4.98 Å². The Labute approximate surface area is 157 Å². The standard InChI is InChI=1S/C22H23N3O2/c1-14(2)16-10-8-15(9-11-16)12-25(3)13-19-23-20-17-6-4-5-7-18(17)27-21(20)22(26)24-19/h4-11,14H,12-13H2,1-3H3,(H,23,24,26)/p+1. The second-order valence-corrected chi connectivity index (χ2v) is 7.50. The normalized spacial score (nSPS) is 12.9. The van der Waals surface area contributed by atoms with Crippen molar-refractivity contribution in [3.8, 4) is 0 Å². The van der Waals surface area contributed by atoms with E-state index in [1.807, 2.05) is 24.3 Å². The molecular formula is C22H24N3O2+. The minimum atomic E-state index is -0.222. The molecule has 2 aromatic carbocycles. The van der Waals surface area contributed by atoms with Gasteiger partial charge in [0, 0.05) is 10.9 Å². The second-order valence-electron chi connectivity index (χ2n) is 7.50. The van der Waals surface area contributed by atoms with Gasteiger partial charge >= 0.3 is 0 Å². The predicted octanol–water partition coefficient (Wildman–Crippen LogP) is 3.01. The maximum Gasteiger partial charge on any atom is 0.294 e. The number of hydrogen-bond donors (Lipinski definition) is 2. The van der Waals surface area contributed by atoms with Crippen LogP contribution in [-0.4, -0.2) is 17.0 Å². The summed E-state index contributed by atoms with van der Waals surface area (Å²) in [5, 5.41) is 0.877. The minimum Gasteiger partial charge on any atom is -0.449 e. The lowest BCUT2D eigenvalue weighted by atomic mass is 10.0. The number of hydrogen-bond acceptors (Lipinski definition) is 3. The van der Waals surface area contributed by atoms with E-state index in [9.17, 15) is 4.79 Å². The van der Waals surface area contributed by atoms with Crippen LogP contribution in [0.15, 0.2) is 57.7 Å². The highest BCUT2D eigenvalue weighted by molar-refractivity contribution is 6.01. The van der Waals surface area contributed by atoms with Gasteiger partial charge in [0.15, 0.2) is 5.82 Å². The zero-order valence-corrected chi connectivity index (χ0v) is 15.9. The van der Waals surface area contributed by atoms with Crippen molar-refractivity contribution >= 4 is 22.1 Å². The van der Waals surface area contributed by atoms with Crippen LogP contribution in [-0.2, 0) is 13.1 Å². The van der Waals surface area contributed by atoms with Gasteiger partial charge in [0.25, 0.3) is 5.56 Å². The van der Waals surface area contributed by atoms with Crippen LogP contribution >= 0.6 is 0 Å². The molecule has 0 aliphatic heterocycles. The van der Waals surface area contributed by atoms with E-state index < -0.39 is 0 Å². The van der Waals surface area contributed by atoms with Gasteiger partial charge in [-0.1, -0.05) is 50.2 Å². The first-order chi connectivity index (χ1) is 13.0. The van der Waals surface area contributed by atoms with Gasteiger partial charge < -0.3 is 14.3 Å². The first kappa shape index (κ1) is 17.5. The number of aromatic amines is 1. The molecule has 0 spiro atoms. The number of H-pyrrole nitrogens is 1. The van der Waals surface area contributed by atoms with E-state index in [1.54, 1.807) is 0 Å². The Kier molecular flexibility index (Phi) is 4.54. The Bertz CT molecular complexity index is 1140. The van der Waals surface area contributed by atoms with Crippen LogP contribution in [0.3, 0.4) is 0 Å². The van der Waals surface area contributed by atoms with Gasteiger partial charge in [-0.05, 0) is 23.6 Å². The number of fused-ring (bicyclic) bond motifs is 3. The molecule has 0 amide bonds. The van der Waals surface area contributed by atoms with Crippen LogP contribution in [0.2, 0.25) is 0 Å². The third kappa shape index (κ3) is 3.51. The van der Waals surface area contributed by atoms with Gasteiger partial charge in [0.2, 0.25) is 5.58 Å². The molecule has 0 saturated carbocycles. The smallest absolute Gasteiger partial charge is 0.294 e. The molecule has 0 radical (unpaired) electrons. The Hall–Kier alpha value is -2.92. The molecule has 2 N–H and O–H groups in total. The Morgan fingerprint density at radius 3 is 2.56 bits per heavy atom. The van der Waals surface area contributed by atoms with E-state index in [1.165, 1.54) is 16.0 Å². The van der Waals surface area contributed by atoms with Crippen LogP contribution in [0.4, 0.5) is 0 Å². The lowest BCUT2D eigenvalue weighted by Crippen LogP contribution is -3.06. The third-order valence-corrected chi connectivity index (χ3v) is 4.90. The number of aromatic nitrogens is 2. The molecular weight excluding hydrogens is 338 g/mol. The van der Waals surface area contributed by atoms with Gasteiger partial charge in [0.05, 0.1) is 7.05 Å². The van der Waals surface area contributed by atoms with Crippen LogP contribution in [0.1, 0.15) is 36.7 Å². The molecule has 0 aliphatic carbocycles. The Morgan fingerprint density at radius 1 is 1.07 bits per heavy atom. The molecule has 0 aliphatic rings. The highest BCUT2D eigenvalue weighted by Gasteiger charge is 2.15. The molecule has 1 atom stereocenters. The summed E-state index contributed by atoms with van der Waals surface area (Å²) in [6.07, 6.45) is 0. The Morgan fingerprint density at radius 2 is 1.81 bits per heavy atom. The molecule has 27 heavy (non-hydrogen) atoms. The van der Waals surface area contributed by atoms with Crippen LogP contribution in [0, 0.1) is 0 Å². The first-order valence-electron chi connectivity index (χ1n) is 9.32. The van der Waals surface area contributed by atoms with E-state index >= 15 is 0 Å². The lowest BCUT2D eigenvalue weighted by molar-refractivity contribution is -0.908. The fourth-order valence-corrected chi connectivity index (χ4v) is 3.45. The predicted molar refractivity (Wildman–Crippen MR) is 107 cm³/mol. The van der Waals surface area contributed by atoms with E-state index in [4.69, 9.17) is 4.42 Å². The Balaban J connectivity index is 1.57. The topological polar surface area (TPSA) is 63.3 Å². The molecule has 5 nitrogen and oxygen atoms in total. The van der Waals surface area contributed by atoms with E-state index in [2.05, 4.69) is 55.1 Å². The summed E-state index contributed by atoms with van der Waals surface area (Å²) in [4.78, 5) is 21.2. The quantitative estimate of drug-likeness (QED) is 0.574. The molecule has 4 rings (SSSR count). The summed E-state index contributed by atoms with van der Waals surface area (Å²) in [5.41, 5.74) is 4.02. The number of nitrogens with zero attached hydrogens (tertiary/aromatic N) is 1. The summed E-state index contributed by atoms with van der Waals surface area (Å²) in [7, 11) is 2.11. The number of para-hydroxylation sites is 1. The SMILES string of the molecule is CC(C)c1ccc(C[NH+](C)Cc2nc3c(oc4ccccc43)c(=O)[nH]2)cc1. The van der Waals surface area contributed by atoms with Crippen LogP contribution < -0.4 is 10.5 Å². The summed E-state index contributed by atoms with van der Waals surface area (Å²) in [5.74, 6) is 1.21. The number of furan rings is 1. The lowest BCUT2D eigenvalue weighted by Gasteiger charge is -2.14. The van der Waals surface area contributed by atoms with Crippen molar-refractivity contribution in [2.24, 2.45) is 0 Å². The van der Waals surface area contributed by atoms with Crippen molar-refractivity contribution in [3.63, 3.8) is 0 Å². The highest BCUT2D eigenvalue weighted by atomic mass is 16.3. The van der Waals surface area contributed by atoms with E-state index in [0.29, 0.717) is 35.0 Å². The molecule has 0 saturated heterocycles. The second kappa shape index (κ2) is 7.00. The monoisotopic (exact) mass is 362 g/mol. The largest absolute Gasteiger partial charge is 0.449 e. The van der Waals surface area contributed by atoms with Crippen molar-refractivity contribution in [3.05, 3.63) is 75.8 Å². The molecule has 0 bridgehead atoms. The minimum absolute atomic E-state index is 0.222. The van der Waals surface area contributed by atoms with Crippen LogP contribution in [0.25, 0.3) is 22.1 Å². The van der Waals surface area contributed by atoms with Crippen molar-refractivity contribution in [1.82, 2.24) is 9.97 Å². The summed E-state index contributed by atoms with van der Waals surface area (Å²) < 4.78 is 5.66. The average molecular weight is 362 g/mol. The molecule has 2 aromatic heterocycles. The van der Waals surface area contributed by atoms with Crippen molar-refractivity contribution in [2.75, 3.05) is 7.05 Å². The summed E-state index contributed by atoms with van der Waals surface area (Å²) in [6.45, 7) is 5.90. The zero-order valence-electron chi connectivity index (χ0n) is 15.9. The van der Waals surface area contributed by atoms with E-state index in [0.717, 1.165) is 11.9 Å². The molecule has 5 heteroatoms. The number of rotatable bonds is 5. The summed E-state index contributed by atoms with van der Waals surface area (Å²) >= 11 is 0. The van der Waals surface area contributed by atoms with Crippen molar-refractivity contribution in [2.45, 2.75) is 32.9 Å². The van der Waals surface area contributed by atoms with Gasteiger partial charge in [-0.15, -0.1) is 0 Å². The van der Waals surface area contributed by atoms with Gasteiger partial charge in [-0.3, -0.25) is 4.79 Å². The fourth-order valence-electron chi connectivity index (χ4n) is 3.45. The molecule has 0 fully saturated rings. The highest BCUT2D eigenvalue weighted by Crippen LogP contribution is 2.24. The molecule has 4 aromatic rings.